The van der Waals surface area contributed by atoms with Crippen molar-refractivity contribution in [2.24, 2.45) is 5.10 Å². The average molecular weight is 444 g/mol. The molecule has 0 atom stereocenters. The van der Waals surface area contributed by atoms with Gasteiger partial charge < -0.3 is 10.1 Å². The Balaban J connectivity index is 1.59. The summed E-state index contributed by atoms with van der Waals surface area (Å²) in [5.74, 6) is -0.220. The van der Waals surface area contributed by atoms with Gasteiger partial charge in [-0.15, -0.1) is 0 Å². The highest BCUT2D eigenvalue weighted by molar-refractivity contribution is 7.80. The molecule has 0 radical (unpaired) electrons. The summed E-state index contributed by atoms with van der Waals surface area (Å²) in [7, 11) is 0. The third kappa shape index (κ3) is 6.29. The summed E-state index contributed by atoms with van der Waals surface area (Å²) < 4.78 is 5.38. The van der Waals surface area contributed by atoms with Gasteiger partial charge in [0, 0.05) is 10.7 Å². The maximum absolute atomic E-state index is 12.3. The number of thiocarbonyl (C=S) groups is 1. The second-order valence-corrected chi connectivity index (χ2v) is 7.03. The zero-order chi connectivity index (χ0) is 20.6. The molecule has 5 nitrogen and oxygen atoms in total. The molecule has 0 fully saturated rings. The van der Waals surface area contributed by atoms with Crippen LogP contribution in [0.2, 0.25) is 10.0 Å². The van der Waals surface area contributed by atoms with E-state index >= 15 is 0 Å². The molecule has 0 saturated carbocycles. The van der Waals surface area contributed by atoms with Crippen LogP contribution in [0.1, 0.15) is 15.9 Å². The number of esters is 1. The molecule has 0 amide bonds. The van der Waals surface area contributed by atoms with Gasteiger partial charge >= 0.3 is 5.97 Å². The number of nitrogens with zero attached hydrogens (tertiary/aromatic N) is 1. The Kier molecular flexibility index (Phi) is 7.19. The van der Waals surface area contributed by atoms with Crippen molar-refractivity contribution in [2.75, 3.05) is 5.32 Å². The number of ether oxygens (including phenoxy) is 1. The fraction of sp³-hybridized carbons (Fsp3) is 0. The van der Waals surface area contributed by atoms with Gasteiger partial charge in [-0.1, -0.05) is 53.5 Å². The molecule has 3 rings (SSSR count). The van der Waals surface area contributed by atoms with E-state index in [0.29, 0.717) is 21.4 Å². The third-order valence-corrected chi connectivity index (χ3v) is 4.37. The molecule has 0 unspecified atom stereocenters. The lowest BCUT2D eigenvalue weighted by Crippen LogP contribution is -2.23. The van der Waals surface area contributed by atoms with E-state index in [0.717, 1.165) is 5.69 Å². The first-order valence-electron chi connectivity index (χ1n) is 8.44. The van der Waals surface area contributed by atoms with Crippen LogP contribution < -0.4 is 15.5 Å². The Morgan fingerprint density at radius 1 is 1.00 bits per heavy atom. The van der Waals surface area contributed by atoms with Crippen LogP contribution in [0.4, 0.5) is 5.69 Å². The standard InChI is InChI=1S/C21H15Cl2N3O2S/c22-15-9-10-18(19(23)12-15)20(27)28-17-8-4-5-14(11-17)13-24-26-21(29)25-16-6-2-1-3-7-16/h1-13H,(H2,25,26,29). The second-order valence-electron chi connectivity index (χ2n) is 5.78. The van der Waals surface area contributed by atoms with Gasteiger partial charge in [-0.2, -0.15) is 5.10 Å². The van der Waals surface area contributed by atoms with E-state index in [9.17, 15) is 4.79 Å². The molecule has 8 heteroatoms. The predicted octanol–water partition coefficient (Wildman–Crippen LogP) is 5.53. The van der Waals surface area contributed by atoms with Gasteiger partial charge in [-0.25, -0.2) is 4.79 Å². The first kappa shape index (κ1) is 20.8. The molecular weight excluding hydrogens is 429 g/mol. The van der Waals surface area contributed by atoms with E-state index in [1.54, 1.807) is 30.5 Å². The van der Waals surface area contributed by atoms with Gasteiger partial charge in [-0.3, -0.25) is 5.43 Å². The van der Waals surface area contributed by atoms with Gasteiger partial charge in [0.15, 0.2) is 5.11 Å². The number of anilines is 1. The van der Waals surface area contributed by atoms with E-state index in [1.165, 1.54) is 12.1 Å². The minimum Gasteiger partial charge on any atom is -0.423 e. The highest BCUT2D eigenvalue weighted by Crippen LogP contribution is 2.23. The highest BCUT2D eigenvalue weighted by Gasteiger charge is 2.13. The normalized spacial score (nSPS) is 10.6. The second kappa shape index (κ2) is 10.0. The Labute approximate surface area is 183 Å². The van der Waals surface area contributed by atoms with Crippen molar-refractivity contribution in [3.63, 3.8) is 0 Å². The number of nitrogens with one attached hydrogen (secondary N) is 2. The molecule has 29 heavy (non-hydrogen) atoms. The monoisotopic (exact) mass is 443 g/mol. The molecule has 0 aromatic heterocycles. The zero-order valence-electron chi connectivity index (χ0n) is 14.9. The number of carbonyl (C=O) groups is 1. The lowest BCUT2D eigenvalue weighted by molar-refractivity contribution is 0.0735. The number of hydrazone groups is 1. The summed E-state index contributed by atoms with van der Waals surface area (Å²) in [6.07, 6.45) is 1.56. The van der Waals surface area contributed by atoms with Crippen LogP contribution in [0.5, 0.6) is 5.75 Å². The first-order chi connectivity index (χ1) is 14.0. The number of carbonyl (C=O) groups excluding carboxylic acids is 1. The molecule has 0 bridgehead atoms. The van der Waals surface area contributed by atoms with Crippen LogP contribution in [0.25, 0.3) is 0 Å². The molecule has 0 aliphatic heterocycles. The molecule has 0 aliphatic carbocycles. The van der Waals surface area contributed by atoms with Crippen molar-refractivity contribution in [1.29, 1.82) is 0 Å². The average Bonchev–Trinajstić information content (AvgIpc) is 2.69. The van der Waals surface area contributed by atoms with Crippen molar-refractivity contribution in [3.8, 4) is 5.75 Å². The number of rotatable bonds is 5. The topological polar surface area (TPSA) is 62.7 Å². The lowest BCUT2D eigenvalue weighted by Gasteiger charge is -2.07. The molecule has 2 N–H and O–H groups in total. The van der Waals surface area contributed by atoms with Gasteiger partial charge in [0.2, 0.25) is 0 Å². The molecule has 0 heterocycles. The van der Waals surface area contributed by atoms with E-state index in [1.807, 2.05) is 36.4 Å². The minimum atomic E-state index is -0.577. The quantitative estimate of drug-likeness (QED) is 0.178. The third-order valence-electron chi connectivity index (χ3n) is 3.63. The summed E-state index contributed by atoms with van der Waals surface area (Å²) >= 11 is 17.1. The van der Waals surface area contributed by atoms with Gasteiger partial charge in [0.1, 0.15) is 5.75 Å². The molecule has 3 aromatic carbocycles. The molecule has 146 valence electrons. The Hall–Kier alpha value is -2.93. The maximum Gasteiger partial charge on any atom is 0.345 e. The van der Waals surface area contributed by atoms with E-state index < -0.39 is 5.97 Å². The summed E-state index contributed by atoms with van der Waals surface area (Å²) in [6.45, 7) is 0. The number of benzene rings is 3. The van der Waals surface area contributed by atoms with Gasteiger partial charge in [0.25, 0.3) is 0 Å². The largest absolute Gasteiger partial charge is 0.423 e. The summed E-state index contributed by atoms with van der Waals surface area (Å²) in [5, 5.41) is 8.11. The summed E-state index contributed by atoms with van der Waals surface area (Å²) in [5.41, 5.74) is 4.53. The van der Waals surface area contributed by atoms with Gasteiger partial charge in [0.05, 0.1) is 16.8 Å². The number of hydrogen-bond donors (Lipinski definition) is 2. The molecule has 3 aromatic rings. The molecule has 0 spiro atoms. The van der Waals surface area contributed by atoms with Crippen molar-refractivity contribution < 1.29 is 9.53 Å². The van der Waals surface area contributed by atoms with Crippen molar-refractivity contribution in [2.45, 2.75) is 0 Å². The number of halogens is 2. The Morgan fingerprint density at radius 3 is 2.55 bits per heavy atom. The lowest BCUT2D eigenvalue weighted by atomic mass is 10.2. The molecule has 0 aliphatic rings. The van der Waals surface area contributed by atoms with E-state index in [4.69, 9.17) is 40.2 Å². The highest BCUT2D eigenvalue weighted by atomic mass is 35.5. The summed E-state index contributed by atoms with van der Waals surface area (Å²) in [4.78, 5) is 12.3. The van der Waals surface area contributed by atoms with Gasteiger partial charge in [-0.05, 0) is 60.2 Å². The first-order valence-corrected chi connectivity index (χ1v) is 9.60. The predicted molar refractivity (Wildman–Crippen MR) is 121 cm³/mol. The molecule has 0 saturated heterocycles. The zero-order valence-corrected chi connectivity index (χ0v) is 17.3. The minimum absolute atomic E-state index is 0.226. The number of hydrogen-bond acceptors (Lipinski definition) is 4. The fourth-order valence-electron chi connectivity index (χ4n) is 2.32. The Morgan fingerprint density at radius 2 is 1.79 bits per heavy atom. The van der Waals surface area contributed by atoms with Crippen molar-refractivity contribution >= 4 is 58.4 Å². The van der Waals surface area contributed by atoms with Crippen LogP contribution in [0, 0.1) is 0 Å². The number of para-hydroxylation sites is 1. The van der Waals surface area contributed by atoms with Crippen LogP contribution in [-0.2, 0) is 0 Å². The van der Waals surface area contributed by atoms with E-state index in [-0.39, 0.29) is 10.6 Å². The van der Waals surface area contributed by atoms with Crippen LogP contribution in [0.3, 0.4) is 0 Å². The van der Waals surface area contributed by atoms with Crippen molar-refractivity contribution in [1.82, 2.24) is 5.43 Å². The Bertz CT molecular complexity index is 1060. The SMILES string of the molecule is O=C(Oc1cccc(C=NNC(=S)Nc2ccccc2)c1)c1ccc(Cl)cc1Cl. The van der Waals surface area contributed by atoms with Crippen LogP contribution in [0.15, 0.2) is 77.9 Å². The smallest absolute Gasteiger partial charge is 0.345 e. The van der Waals surface area contributed by atoms with Crippen LogP contribution >= 0.6 is 35.4 Å². The van der Waals surface area contributed by atoms with Crippen molar-refractivity contribution in [3.05, 3.63) is 94.0 Å². The van der Waals surface area contributed by atoms with Crippen LogP contribution in [-0.4, -0.2) is 17.3 Å². The maximum atomic E-state index is 12.3. The molecular formula is C21H15Cl2N3O2S. The summed E-state index contributed by atoms with van der Waals surface area (Å²) in [6, 6.07) is 21.0. The fourth-order valence-corrected chi connectivity index (χ4v) is 2.98. The van der Waals surface area contributed by atoms with E-state index in [2.05, 4.69) is 15.8 Å².